The van der Waals surface area contributed by atoms with E-state index in [1.54, 1.807) is 12.4 Å². The number of hydrogen-bond donors (Lipinski definition) is 2. The van der Waals surface area contributed by atoms with Gasteiger partial charge >= 0.3 is 6.03 Å². The molecule has 0 fully saturated rings. The number of aromatic nitrogens is 1. The number of pyridine rings is 1. The molecular formula is C18H24N4O. The normalized spacial score (nSPS) is 10.6. The van der Waals surface area contributed by atoms with Crippen LogP contribution in [-0.2, 0) is 19.6 Å². The van der Waals surface area contributed by atoms with Gasteiger partial charge in [-0.05, 0) is 42.4 Å². The molecule has 0 saturated heterocycles. The lowest BCUT2D eigenvalue weighted by molar-refractivity contribution is 0.240. The molecule has 2 aromatic rings. The highest BCUT2D eigenvalue weighted by molar-refractivity contribution is 5.73. The molecular weight excluding hydrogens is 288 g/mol. The van der Waals surface area contributed by atoms with Gasteiger partial charge in [-0.1, -0.05) is 31.2 Å². The molecule has 0 aliphatic heterocycles. The van der Waals surface area contributed by atoms with Crippen molar-refractivity contribution in [1.82, 2.24) is 20.5 Å². The first-order valence-corrected chi connectivity index (χ1v) is 7.84. The Morgan fingerprint density at radius 2 is 1.70 bits per heavy atom. The van der Waals surface area contributed by atoms with E-state index in [1.807, 2.05) is 24.3 Å². The summed E-state index contributed by atoms with van der Waals surface area (Å²) in [5.74, 6) is 0. The molecule has 1 aromatic carbocycles. The predicted molar refractivity (Wildman–Crippen MR) is 91.8 cm³/mol. The van der Waals surface area contributed by atoms with Crippen molar-refractivity contribution in [3.8, 4) is 0 Å². The molecule has 0 saturated carbocycles. The summed E-state index contributed by atoms with van der Waals surface area (Å²) in [6, 6.07) is 11.9. The van der Waals surface area contributed by atoms with Gasteiger partial charge in [-0.3, -0.25) is 4.98 Å². The van der Waals surface area contributed by atoms with Crippen LogP contribution >= 0.6 is 0 Å². The summed E-state index contributed by atoms with van der Waals surface area (Å²) in [6.45, 7) is 5.08. The zero-order valence-electron chi connectivity index (χ0n) is 13.7. The van der Waals surface area contributed by atoms with Crippen molar-refractivity contribution in [1.29, 1.82) is 0 Å². The van der Waals surface area contributed by atoms with Crippen LogP contribution in [0.4, 0.5) is 4.79 Å². The maximum absolute atomic E-state index is 11.9. The number of benzene rings is 1. The molecule has 23 heavy (non-hydrogen) atoms. The van der Waals surface area contributed by atoms with Gasteiger partial charge in [0.2, 0.25) is 0 Å². The molecule has 2 amide bonds. The predicted octanol–water partition coefficient (Wildman–Crippen LogP) is 2.53. The fraction of sp³-hybridized carbons (Fsp3) is 0.333. The number of carbonyl (C=O) groups excluding carboxylic acids is 1. The minimum Gasteiger partial charge on any atom is -0.334 e. The van der Waals surface area contributed by atoms with Crippen LogP contribution < -0.4 is 10.6 Å². The Hall–Kier alpha value is -2.40. The van der Waals surface area contributed by atoms with Crippen molar-refractivity contribution in [2.45, 2.75) is 26.6 Å². The second kappa shape index (κ2) is 8.90. The Balaban J connectivity index is 1.78. The third kappa shape index (κ3) is 6.08. The topological polar surface area (TPSA) is 57.3 Å². The fourth-order valence-electron chi connectivity index (χ4n) is 2.19. The van der Waals surface area contributed by atoms with E-state index < -0.39 is 0 Å². The van der Waals surface area contributed by atoms with Crippen LogP contribution in [0.3, 0.4) is 0 Å². The van der Waals surface area contributed by atoms with Crippen LogP contribution in [0.1, 0.15) is 23.6 Å². The minimum atomic E-state index is -0.169. The summed E-state index contributed by atoms with van der Waals surface area (Å²) >= 11 is 0. The maximum atomic E-state index is 11.9. The summed E-state index contributed by atoms with van der Waals surface area (Å²) in [6.07, 6.45) is 3.43. The molecule has 0 atom stereocenters. The molecule has 0 bridgehead atoms. The summed E-state index contributed by atoms with van der Waals surface area (Å²) < 4.78 is 0. The number of carbonyl (C=O) groups is 1. The number of rotatable bonds is 7. The Bertz CT molecular complexity index is 615. The van der Waals surface area contributed by atoms with Crippen molar-refractivity contribution >= 4 is 6.03 Å². The molecule has 0 aliphatic carbocycles. The van der Waals surface area contributed by atoms with Gasteiger partial charge in [0.1, 0.15) is 0 Å². The molecule has 0 unspecified atom stereocenters. The summed E-state index contributed by atoms with van der Waals surface area (Å²) in [7, 11) is 2.09. The first kappa shape index (κ1) is 17.0. The van der Waals surface area contributed by atoms with Gasteiger partial charge in [0, 0.05) is 32.0 Å². The van der Waals surface area contributed by atoms with Gasteiger partial charge in [0.05, 0.1) is 0 Å². The van der Waals surface area contributed by atoms with Gasteiger partial charge in [0.15, 0.2) is 0 Å². The quantitative estimate of drug-likeness (QED) is 0.826. The van der Waals surface area contributed by atoms with Crippen LogP contribution in [0.5, 0.6) is 0 Å². The number of hydrogen-bond acceptors (Lipinski definition) is 3. The average Bonchev–Trinajstić information content (AvgIpc) is 2.59. The Morgan fingerprint density at radius 1 is 1.04 bits per heavy atom. The van der Waals surface area contributed by atoms with E-state index in [4.69, 9.17) is 0 Å². The second-order valence-electron chi connectivity index (χ2n) is 5.54. The smallest absolute Gasteiger partial charge is 0.315 e. The third-order valence-electron chi connectivity index (χ3n) is 3.64. The summed E-state index contributed by atoms with van der Waals surface area (Å²) in [5, 5.41) is 5.72. The SMILES string of the molecule is CCN(C)Cc1cccc(CNC(=O)NCc2ccncc2)c1. The monoisotopic (exact) mass is 312 g/mol. The van der Waals surface area contributed by atoms with Crippen LogP contribution in [0.15, 0.2) is 48.8 Å². The van der Waals surface area contributed by atoms with E-state index in [-0.39, 0.29) is 6.03 Å². The largest absolute Gasteiger partial charge is 0.334 e. The minimum absolute atomic E-state index is 0.169. The molecule has 0 spiro atoms. The first-order valence-electron chi connectivity index (χ1n) is 7.84. The zero-order valence-corrected chi connectivity index (χ0v) is 13.7. The van der Waals surface area contributed by atoms with Crippen molar-refractivity contribution in [2.75, 3.05) is 13.6 Å². The maximum Gasteiger partial charge on any atom is 0.315 e. The van der Waals surface area contributed by atoms with Gasteiger partial charge in [-0.15, -0.1) is 0 Å². The highest BCUT2D eigenvalue weighted by Crippen LogP contribution is 2.07. The highest BCUT2D eigenvalue weighted by Gasteiger charge is 2.03. The van der Waals surface area contributed by atoms with E-state index in [0.717, 1.165) is 24.2 Å². The lowest BCUT2D eigenvalue weighted by atomic mass is 10.1. The highest BCUT2D eigenvalue weighted by atomic mass is 16.2. The number of amides is 2. The van der Waals surface area contributed by atoms with Gasteiger partial charge in [-0.2, -0.15) is 0 Å². The third-order valence-corrected chi connectivity index (χ3v) is 3.64. The Labute approximate surface area is 137 Å². The van der Waals surface area contributed by atoms with E-state index in [1.165, 1.54) is 5.56 Å². The second-order valence-corrected chi connectivity index (χ2v) is 5.54. The number of nitrogens with zero attached hydrogens (tertiary/aromatic N) is 2. The molecule has 0 aliphatic rings. The summed E-state index contributed by atoms with van der Waals surface area (Å²) in [4.78, 5) is 18.0. The first-order chi connectivity index (χ1) is 11.2. The average molecular weight is 312 g/mol. The van der Waals surface area contributed by atoms with Crippen LogP contribution in [0.2, 0.25) is 0 Å². The van der Waals surface area contributed by atoms with E-state index in [9.17, 15) is 4.79 Å². The molecule has 0 radical (unpaired) electrons. The van der Waals surface area contributed by atoms with E-state index in [0.29, 0.717) is 13.1 Å². The van der Waals surface area contributed by atoms with E-state index in [2.05, 4.69) is 46.6 Å². The fourth-order valence-corrected chi connectivity index (χ4v) is 2.19. The molecule has 2 N–H and O–H groups in total. The lowest BCUT2D eigenvalue weighted by Crippen LogP contribution is -2.34. The molecule has 1 aromatic heterocycles. The Morgan fingerprint density at radius 3 is 2.39 bits per heavy atom. The van der Waals surface area contributed by atoms with Crippen LogP contribution in [0, 0.1) is 0 Å². The van der Waals surface area contributed by atoms with Crippen molar-refractivity contribution in [3.05, 3.63) is 65.5 Å². The van der Waals surface area contributed by atoms with E-state index >= 15 is 0 Å². The van der Waals surface area contributed by atoms with Gasteiger partial charge in [0.25, 0.3) is 0 Å². The molecule has 2 rings (SSSR count). The lowest BCUT2D eigenvalue weighted by Gasteiger charge is -2.14. The molecule has 1 heterocycles. The number of nitrogens with one attached hydrogen (secondary N) is 2. The Kier molecular flexibility index (Phi) is 6.56. The van der Waals surface area contributed by atoms with Gasteiger partial charge in [-0.25, -0.2) is 4.79 Å². The van der Waals surface area contributed by atoms with Crippen molar-refractivity contribution < 1.29 is 4.79 Å². The van der Waals surface area contributed by atoms with Crippen LogP contribution in [-0.4, -0.2) is 29.5 Å². The van der Waals surface area contributed by atoms with Crippen molar-refractivity contribution in [3.63, 3.8) is 0 Å². The standard InChI is InChI=1S/C18H24N4O/c1-3-22(2)14-17-6-4-5-16(11-17)13-21-18(23)20-12-15-7-9-19-10-8-15/h4-11H,3,12-14H2,1-2H3,(H2,20,21,23). The van der Waals surface area contributed by atoms with Gasteiger partial charge < -0.3 is 15.5 Å². The zero-order chi connectivity index (χ0) is 16.5. The summed E-state index contributed by atoms with van der Waals surface area (Å²) in [5.41, 5.74) is 3.39. The molecule has 122 valence electrons. The molecule has 5 heteroatoms. The van der Waals surface area contributed by atoms with Crippen LogP contribution in [0.25, 0.3) is 0 Å². The number of urea groups is 1. The van der Waals surface area contributed by atoms with Crippen molar-refractivity contribution in [2.24, 2.45) is 0 Å². The molecule has 5 nitrogen and oxygen atoms in total.